The largest absolute Gasteiger partial charge is 0.496 e. The Kier molecular flexibility index (Phi) is 7.37. The van der Waals surface area contributed by atoms with Gasteiger partial charge in [0.2, 0.25) is 0 Å². The van der Waals surface area contributed by atoms with Crippen molar-refractivity contribution >= 4 is 43.8 Å². The summed E-state index contributed by atoms with van der Waals surface area (Å²) in [5, 5.41) is 3.93. The van der Waals surface area contributed by atoms with Gasteiger partial charge in [-0.05, 0) is 42.5 Å². The number of carbonyl (C=O) groups excluding carboxylic acids is 1. The SMILES string of the molecule is COc1ccc(Br)cc1/C=N\NC(=O)CN(c1cccnc1)S(=O)(=O)c1ccccc1. The van der Waals surface area contributed by atoms with E-state index >= 15 is 0 Å². The van der Waals surface area contributed by atoms with Crippen LogP contribution in [0.2, 0.25) is 0 Å². The number of rotatable bonds is 8. The summed E-state index contributed by atoms with van der Waals surface area (Å²) in [5.74, 6) is -0.0431. The summed E-state index contributed by atoms with van der Waals surface area (Å²) < 4.78 is 33.3. The van der Waals surface area contributed by atoms with Crippen LogP contribution in [0.25, 0.3) is 0 Å². The van der Waals surface area contributed by atoms with Crippen LogP contribution in [0.5, 0.6) is 5.75 Å². The molecule has 1 heterocycles. The first-order valence-electron chi connectivity index (χ1n) is 9.05. The highest BCUT2D eigenvalue weighted by atomic mass is 79.9. The maximum absolute atomic E-state index is 13.1. The summed E-state index contributed by atoms with van der Waals surface area (Å²) in [7, 11) is -2.46. The minimum atomic E-state index is -3.99. The first-order valence-corrected chi connectivity index (χ1v) is 11.3. The molecule has 31 heavy (non-hydrogen) atoms. The number of aromatic nitrogens is 1. The second-order valence-corrected chi connectivity index (χ2v) is 8.99. The maximum atomic E-state index is 13.1. The van der Waals surface area contributed by atoms with E-state index in [9.17, 15) is 13.2 Å². The van der Waals surface area contributed by atoms with E-state index in [1.165, 1.54) is 37.9 Å². The average molecular weight is 503 g/mol. The van der Waals surface area contributed by atoms with Crippen molar-refractivity contribution in [3.8, 4) is 5.75 Å². The van der Waals surface area contributed by atoms with Crippen molar-refractivity contribution < 1.29 is 17.9 Å². The number of ether oxygens (including phenoxy) is 1. The quantitative estimate of drug-likeness (QED) is 0.376. The van der Waals surface area contributed by atoms with Crippen LogP contribution < -0.4 is 14.5 Å². The second-order valence-electron chi connectivity index (χ2n) is 6.22. The predicted octanol–water partition coefficient (Wildman–Crippen LogP) is 3.20. The molecule has 8 nitrogen and oxygen atoms in total. The molecule has 3 rings (SSSR count). The molecular weight excluding hydrogens is 484 g/mol. The van der Waals surface area contributed by atoms with E-state index in [4.69, 9.17) is 4.74 Å². The number of carbonyl (C=O) groups is 1. The molecule has 0 radical (unpaired) electrons. The van der Waals surface area contributed by atoms with Crippen LogP contribution in [0.4, 0.5) is 5.69 Å². The predicted molar refractivity (Wildman–Crippen MR) is 122 cm³/mol. The van der Waals surface area contributed by atoms with Gasteiger partial charge in [0, 0.05) is 16.2 Å². The van der Waals surface area contributed by atoms with Crippen molar-refractivity contribution in [3.63, 3.8) is 0 Å². The van der Waals surface area contributed by atoms with Crippen molar-refractivity contribution in [2.24, 2.45) is 5.10 Å². The number of benzene rings is 2. The molecule has 0 fully saturated rings. The molecule has 0 saturated heterocycles. The molecule has 3 aromatic rings. The highest BCUT2D eigenvalue weighted by Crippen LogP contribution is 2.23. The van der Waals surface area contributed by atoms with Crippen molar-refractivity contribution in [3.05, 3.63) is 83.1 Å². The molecule has 1 aromatic heterocycles. The molecule has 0 bridgehead atoms. The van der Waals surface area contributed by atoms with E-state index < -0.39 is 22.5 Å². The maximum Gasteiger partial charge on any atom is 0.264 e. The van der Waals surface area contributed by atoms with Gasteiger partial charge in [-0.25, -0.2) is 13.8 Å². The van der Waals surface area contributed by atoms with Crippen LogP contribution in [0.3, 0.4) is 0 Å². The van der Waals surface area contributed by atoms with Gasteiger partial charge in [-0.2, -0.15) is 5.10 Å². The number of methoxy groups -OCH3 is 1. The lowest BCUT2D eigenvalue weighted by atomic mass is 10.2. The summed E-state index contributed by atoms with van der Waals surface area (Å²) in [6.07, 6.45) is 4.32. The van der Waals surface area contributed by atoms with Gasteiger partial charge in [0.1, 0.15) is 12.3 Å². The summed E-state index contributed by atoms with van der Waals surface area (Å²) in [5.41, 5.74) is 3.26. The highest BCUT2D eigenvalue weighted by molar-refractivity contribution is 9.10. The van der Waals surface area contributed by atoms with E-state index in [1.807, 2.05) is 6.07 Å². The number of nitrogens with zero attached hydrogens (tertiary/aromatic N) is 3. The normalized spacial score (nSPS) is 11.3. The summed E-state index contributed by atoms with van der Waals surface area (Å²) in [6, 6.07) is 16.4. The van der Waals surface area contributed by atoms with Gasteiger partial charge < -0.3 is 4.74 Å². The van der Waals surface area contributed by atoms with Gasteiger partial charge in [-0.1, -0.05) is 34.1 Å². The third kappa shape index (κ3) is 5.68. The van der Waals surface area contributed by atoms with Crippen LogP contribution in [-0.4, -0.2) is 39.2 Å². The first kappa shape index (κ1) is 22.4. The fraction of sp³-hybridized carbons (Fsp3) is 0.0952. The number of halogens is 1. The van der Waals surface area contributed by atoms with Crippen molar-refractivity contribution in [1.29, 1.82) is 0 Å². The summed E-state index contributed by atoms with van der Waals surface area (Å²) in [6.45, 7) is -0.476. The molecule has 160 valence electrons. The number of hydrogen-bond donors (Lipinski definition) is 1. The Morgan fingerprint density at radius 3 is 2.65 bits per heavy atom. The van der Waals surface area contributed by atoms with Gasteiger partial charge in [-0.15, -0.1) is 0 Å². The van der Waals surface area contributed by atoms with E-state index in [1.54, 1.807) is 42.5 Å². The number of amides is 1. The van der Waals surface area contributed by atoms with Gasteiger partial charge in [0.25, 0.3) is 15.9 Å². The minimum Gasteiger partial charge on any atom is -0.496 e. The van der Waals surface area contributed by atoms with Gasteiger partial charge >= 0.3 is 0 Å². The number of sulfonamides is 1. The van der Waals surface area contributed by atoms with Crippen molar-refractivity contribution in [2.75, 3.05) is 18.0 Å². The number of hydrogen-bond acceptors (Lipinski definition) is 6. The average Bonchev–Trinajstić information content (AvgIpc) is 2.79. The summed E-state index contributed by atoms with van der Waals surface area (Å²) in [4.78, 5) is 16.6. The first-order chi connectivity index (χ1) is 14.9. The van der Waals surface area contributed by atoms with Crippen LogP contribution in [0, 0.1) is 0 Å². The molecule has 0 aliphatic heterocycles. The smallest absolute Gasteiger partial charge is 0.264 e. The molecule has 1 N–H and O–H groups in total. The molecule has 0 aliphatic carbocycles. The van der Waals surface area contributed by atoms with Gasteiger partial charge in [0.15, 0.2) is 0 Å². The monoisotopic (exact) mass is 502 g/mol. The van der Waals surface area contributed by atoms with Crippen LogP contribution >= 0.6 is 15.9 Å². The second kappa shape index (κ2) is 10.2. The lowest BCUT2D eigenvalue weighted by Gasteiger charge is -2.23. The van der Waals surface area contributed by atoms with E-state index in [-0.39, 0.29) is 10.6 Å². The zero-order valence-electron chi connectivity index (χ0n) is 16.5. The minimum absolute atomic E-state index is 0.0639. The Morgan fingerprint density at radius 2 is 1.97 bits per heavy atom. The van der Waals surface area contributed by atoms with Crippen LogP contribution in [0.15, 0.2) is 87.5 Å². The van der Waals surface area contributed by atoms with Crippen molar-refractivity contribution in [2.45, 2.75) is 4.90 Å². The van der Waals surface area contributed by atoms with Gasteiger partial charge in [0.05, 0.1) is 30.1 Å². The Hall–Kier alpha value is -3.24. The highest BCUT2D eigenvalue weighted by Gasteiger charge is 2.27. The molecule has 1 amide bonds. The Morgan fingerprint density at radius 1 is 1.19 bits per heavy atom. The number of nitrogens with one attached hydrogen (secondary N) is 1. The molecule has 0 unspecified atom stereocenters. The standard InChI is InChI=1S/C21H19BrN4O4S/c1-30-20-10-9-17(22)12-16(20)13-24-25-21(27)15-26(18-6-5-11-23-14-18)31(28,29)19-7-3-2-4-8-19/h2-14H,15H2,1H3,(H,25,27)/b24-13-. The fourth-order valence-corrected chi connectivity index (χ4v) is 4.49. The third-order valence-corrected chi connectivity index (χ3v) is 6.42. The lowest BCUT2D eigenvalue weighted by Crippen LogP contribution is -2.39. The van der Waals surface area contributed by atoms with E-state index in [0.29, 0.717) is 11.3 Å². The zero-order chi connectivity index (χ0) is 22.3. The van der Waals surface area contributed by atoms with Gasteiger partial charge in [-0.3, -0.25) is 14.1 Å². The molecular formula is C21H19BrN4O4S. The van der Waals surface area contributed by atoms with Crippen LogP contribution in [-0.2, 0) is 14.8 Å². The number of anilines is 1. The third-order valence-electron chi connectivity index (χ3n) is 4.14. The van der Waals surface area contributed by atoms with Crippen molar-refractivity contribution in [1.82, 2.24) is 10.4 Å². The molecule has 0 aliphatic rings. The molecule has 2 aromatic carbocycles. The topological polar surface area (TPSA) is 101 Å². The Labute approximate surface area is 188 Å². The molecule has 0 saturated carbocycles. The zero-order valence-corrected chi connectivity index (χ0v) is 18.9. The van der Waals surface area contributed by atoms with Crippen LogP contribution in [0.1, 0.15) is 5.56 Å². The van der Waals surface area contributed by atoms with E-state index in [2.05, 4.69) is 31.4 Å². The molecule has 10 heteroatoms. The number of pyridine rings is 1. The Balaban J connectivity index is 1.81. The lowest BCUT2D eigenvalue weighted by molar-refractivity contribution is -0.119. The molecule has 0 atom stereocenters. The molecule has 0 spiro atoms. The Bertz CT molecular complexity index is 1170. The fourth-order valence-electron chi connectivity index (χ4n) is 2.68. The van der Waals surface area contributed by atoms with E-state index in [0.717, 1.165) is 8.78 Å². The number of hydrazone groups is 1. The summed E-state index contributed by atoms with van der Waals surface area (Å²) >= 11 is 3.37.